The molecule has 3 atom stereocenters. The molecule has 14 heteroatoms. The Balaban J connectivity index is 1.33. The summed E-state index contributed by atoms with van der Waals surface area (Å²) < 4.78 is 71.9. The highest BCUT2D eigenvalue weighted by Gasteiger charge is 2.50. The van der Waals surface area contributed by atoms with Gasteiger partial charge in [0.15, 0.2) is 12.6 Å². The highest BCUT2D eigenvalue weighted by atomic mass is 19.1. The molecular formula is C40H48F3N5O6. The molecule has 3 aliphatic rings. The van der Waals surface area contributed by atoms with Crippen LogP contribution in [-0.4, -0.2) is 109 Å². The van der Waals surface area contributed by atoms with Crippen LogP contribution in [0.4, 0.5) is 23.8 Å². The van der Waals surface area contributed by atoms with E-state index in [0.717, 1.165) is 32.2 Å². The summed E-state index contributed by atoms with van der Waals surface area (Å²) in [5.41, 5.74) is -1.52. The van der Waals surface area contributed by atoms with Crippen molar-refractivity contribution in [2.75, 3.05) is 65.7 Å². The van der Waals surface area contributed by atoms with E-state index < -0.39 is 29.1 Å². The maximum Gasteiger partial charge on any atom is 0.409 e. The van der Waals surface area contributed by atoms with Crippen molar-refractivity contribution in [2.45, 2.75) is 76.0 Å². The second-order valence-corrected chi connectivity index (χ2v) is 15.3. The predicted octanol–water partition coefficient (Wildman–Crippen LogP) is 6.84. The van der Waals surface area contributed by atoms with Gasteiger partial charge in [0.2, 0.25) is 0 Å². The van der Waals surface area contributed by atoms with Gasteiger partial charge in [-0.1, -0.05) is 13.0 Å². The van der Waals surface area contributed by atoms with Crippen molar-refractivity contribution >= 4 is 33.6 Å². The first-order valence-electron chi connectivity index (χ1n) is 18.6. The molecule has 0 saturated carbocycles. The summed E-state index contributed by atoms with van der Waals surface area (Å²) in [6.07, 6.45) is 4.51. The van der Waals surface area contributed by atoms with E-state index in [0.29, 0.717) is 41.5 Å². The predicted molar refractivity (Wildman–Crippen MR) is 199 cm³/mol. The van der Waals surface area contributed by atoms with Crippen molar-refractivity contribution in [1.82, 2.24) is 19.8 Å². The number of benzene rings is 3. The first-order chi connectivity index (χ1) is 25.8. The standard InChI is InChI=1S/C40H48F3N5O6/c1-6-27-30(41)10-9-24-17-26(54-23-51-5)18-28(32(24)27)33-31(42)19-29-35(34(33)43)44-37(45-36(29)47-15-7-12-39(2,50)21-47)53-22-40-13-8-16-48(40)25(11-14-40)20-52-38(49)46(3)4/h9-10,17-19,25,50H,6-8,11-16,20-23H2,1-5H3/t25-,39+,40+/m0/s1. The number of aromatic nitrogens is 2. The molecule has 1 N–H and O–H groups in total. The lowest BCUT2D eigenvalue weighted by Crippen LogP contribution is -2.48. The van der Waals surface area contributed by atoms with Crippen LogP contribution in [0.2, 0.25) is 0 Å². The van der Waals surface area contributed by atoms with Crippen molar-refractivity contribution in [3.05, 3.63) is 53.3 Å². The first kappa shape index (κ1) is 37.9. The van der Waals surface area contributed by atoms with Crippen LogP contribution in [0, 0.1) is 17.5 Å². The van der Waals surface area contributed by atoms with Gasteiger partial charge in [0.05, 0.1) is 16.7 Å². The van der Waals surface area contributed by atoms with E-state index in [4.69, 9.17) is 23.9 Å². The number of β-amino-alcohol motifs (C(OH)–C–C–N with tert-alkyl or cyclic N) is 1. The zero-order valence-corrected chi connectivity index (χ0v) is 31.5. The van der Waals surface area contributed by atoms with Gasteiger partial charge >= 0.3 is 12.1 Å². The second kappa shape index (κ2) is 15.0. The Morgan fingerprint density at radius 3 is 2.57 bits per heavy atom. The monoisotopic (exact) mass is 751 g/mol. The summed E-state index contributed by atoms with van der Waals surface area (Å²) in [4.78, 5) is 27.1. The molecule has 3 aromatic carbocycles. The number of aliphatic hydroxyl groups is 1. The van der Waals surface area contributed by atoms with Crippen LogP contribution in [0.5, 0.6) is 11.8 Å². The minimum atomic E-state index is -1.05. The van der Waals surface area contributed by atoms with Crippen LogP contribution >= 0.6 is 0 Å². The number of anilines is 1. The van der Waals surface area contributed by atoms with Crippen molar-refractivity contribution in [1.29, 1.82) is 0 Å². The molecule has 4 aromatic rings. The van der Waals surface area contributed by atoms with Gasteiger partial charge in [-0.05, 0) is 105 Å². The Kier molecular flexibility index (Phi) is 10.5. The third kappa shape index (κ3) is 7.11. The van der Waals surface area contributed by atoms with Gasteiger partial charge in [0, 0.05) is 45.7 Å². The SMILES string of the molecule is CCc1c(F)ccc2cc(OCOC)cc(-c3c(F)cc4c(N5CCC[C@@](C)(O)C5)nc(OC[C@]56CCCN5[C@H](COC(=O)N(C)C)CC6)nc4c3F)c12. The molecule has 0 spiro atoms. The molecular weight excluding hydrogens is 703 g/mol. The van der Waals surface area contributed by atoms with Crippen LogP contribution in [0.15, 0.2) is 30.3 Å². The van der Waals surface area contributed by atoms with E-state index in [1.165, 1.54) is 30.2 Å². The average Bonchev–Trinajstić information content (AvgIpc) is 3.71. The molecule has 3 saturated heterocycles. The van der Waals surface area contributed by atoms with E-state index in [9.17, 15) is 9.90 Å². The third-order valence-electron chi connectivity index (χ3n) is 11.2. The number of halogens is 3. The number of amides is 1. The second-order valence-electron chi connectivity index (χ2n) is 15.3. The topological polar surface area (TPSA) is 110 Å². The van der Waals surface area contributed by atoms with E-state index >= 15 is 13.2 Å². The summed E-state index contributed by atoms with van der Waals surface area (Å²) in [7, 11) is 4.76. The van der Waals surface area contributed by atoms with Gasteiger partial charge in [0.25, 0.3) is 0 Å². The highest BCUT2D eigenvalue weighted by Crippen LogP contribution is 2.45. The molecule has 0 bridgehead atoms. The number of methoxy groups -OCH3 is 1. The number of aryl methyl sites for hydroxylation is 1. The smallest absolute Gasteiger partial charge is 0.409 e. The van der Waals surface area contributed by atoms with Gasteiger partial charge in [0.1, 0.15) is 41.9 Å². The summed E-state index contributed by atoms with van der Waals surface area (Å²) in [6.45, 7) is 5.40. The van der Waals surface area contributed by atoms with Crippen LogP contribution in [0.3, 0.4) is 0 Å². The number of hydrogen-bond donors (Lipinski definition) is 1. The molecule has 0 unspecified atom stereocenters. The lowest BCUT2D eigenvalue weighted by atomic mass is 9.91. The maximum absolute atomic E-state index is 17.3. The maximum atomic E-state index is 17.3. The molecule has 11 nitrogen and oxygen atoms in total. The first-order valence-corrected chi connectivity index (χ1v) is 18.6. The summed E-state index contributed by atoms with van der Waals surface area (Å²) >= 11 is 0. The largest absolute Gasteiger partial charge is 0.468 e. The number of piperidine rings is 1. The lowest BCUT2D eigenvalue weighted by molar-refractivity contribution is 0.0442. The van der Waals surface area contributed by atoms with Crippen LogP contribution in [0.25, 0.3) is 32.8 Å². The number of carbonyl (C=O) groups is 1. The Hall–Kier alpha value is -4.40. The zero-order chi connectivity index (χ0) is 38.4. The Labute approximate surface area is 312 Å². The quantitative estimate of drug-likeness (QED) is 0.164. The number of hydrogen-bond acceptors (Lipinski definition) is 10. The van der Waals surface area contributed by atoms with E-state index in [1.54, 1.807) is 40.1 Å². The summed E-state index contributed by atoms with van der Waals surface area (Å²) in [5.74, 6) is -1.78. The third-order valence-corrected chi connectivity index (χ3v) is 11.2. The van der Waals surface area contributed by atoms with Crippen molar-refractivity contribution in [3.63, 3.8) is 0 Å². The molecule has 1 aromatic heterocycles. The molecule has 3 fully saturated rings. The van der Waals surface area contributed by atoms with Gasteiger partial charge in [-0.25, -0.2) is 18.0 Å². The minimum Gasteiger partial charge on any atom is -0.468 e. The molecule has 54 heavy (non-hydrogen) atoms. The normalized spacial score (nSPS) is 22.9. The molecule has 3 aliphatic heterocycles. The molecule has 4 heterocycles. The van der Waals surface area contributed by atoms with Gasteiger partial charge in [-0.15, -0.1) is 0 Å². The van der Waals surface area contributed by atoms with Crippen molar-refractivity contribution in [3.8, 4) is 22.9 Å². The Morgan fingerprint density at radius 1 is 1.04 bits per heavy atom. The Bertz CT molecular complexity index is 2060. The molecule has 0 aliphatic carbocycles. The van der Waals surface area contributed by atoms with Crippen molar-refractivity contribution in [2.24, 2.45) is 0 Å². The minimum absolute atomic E-state index is 0.0305. The van der Waals surface area contributed by atoms with E-state index in [-0.39, 0.29) is 78.4 Å². The lowest BCUT2D eigenvalue weighted by Gasteiger charge is -2.38. The summed E-state index contributed by atoms with van der Waals surface area (Å²) in [5, 5.41) is 12.1. The molecule has 7 rings (SSSR count). The number of ether oxygens (including phenoxy) is 4. The fraction of sp³-hybridized carbons (Fsp3) is 0.525. The number of fused-ring (bicyclic) bond motifs is 3. The number of carbonyl (C=O) groups excluding carboxylic acids is 1. The van der Waals surface area contributed by atoms with Gasteiger partial charge in [-0.2, -0.15) is 9.97 Å². The van der Waals surface area contributed by atoms with E-state index in [2.05, 4.69) is 9.88 Å². The summed E-state index contributed by atoms with van der Waals surface area (Å²) in [6, 6.07) is 7.24. The molecule has 290 valence electrons. The fourth-order valence-corrected chi connectivity index (χ4v) is 8.64. The number of nitrogens with zero attached hydrogens (tertiary/aromatic N) is 5. The van der Waals surface area contributed by atoms with Crippen molar-refractivity contribution < 1.29 is 42.0 Å². The van der Waals surface area contributed by atoms with Crippen LogP contribution < -0.4 is 14.4 Å². The highest BCUT2D eigenvalue weighted by molar-refractivity contribution is 6.03. The van der Waals surface area contributed by atoms with Crippen LogP contribution in [-0.2, 0) is 15.9 Å². The zero-order valence-electron chi connectivity index (χ0n) is 31.5. The van der Waals surface area contributed by atoms with Gasteiger partial charge < -0.3 is 33.9 Å². The number of rotatable bonds is 11. The van der Waals surface area contributed by atoms with E-state index in [1.807, 2.05) is 4.90 Å². The fourth-order valence-electron chi connectivity index (χ4n) is 8.64. The average molecular weight is 752 g/mol. The van der Waals surface area contributed by atoms with Crippen LogP contribution in [0.1, 0.15) is 57.9 Å². The Morgan fingerprint density at radius 2 is 1.83 bits per heavy atom. The van der Waals surface area contributed by atoms with Gasteiger partial charge in [-0.3, -0.25) is 4.90 Å². The molecule has 1 amide bonds. The molecule has 0 radical (unpaired) electrons.